The van der Waals surface area contributed by atoms with Gasteiger partial charge < -0.3 is 4.57 Å². The molecule has 0 saturated heterocycles. The lowest BCUT2D eigenvalue weighted by molar-refractivity contribution is 0.0994. The van der Waals surface area contributed by atoms with Crippen molar-refractivity contribution in [3.8, 4) is 0 Å². The molecule has 0 aliphatic heterocycles. The Morgan fingerprint density at radius 1 is 1.17 bits per heavy atom. The van der Waals surface area contributed by atoms with Crippen molar-refractivity contribution >= 4 is 17.5 Å². The SMILES string of the molecule is Cc1ccc(C(=O)[C@@H](C)Sc2nc(C)c(C)n2C2CCCC2)cc1. The molecule has 3 rings (SSSR count). The lowest BCUT2D eigenvalue weighted by Gasteiger charge is -2.18. The molecule has 0 radical (unpaired) electrons. The molecule has 24 heavy (non-hydrogen) atoms. The summed E-state index contributed by atoms with van der Waals surface area (Å²) in [4.78, 5) is 17.5. The molecule has 0 amide bonds. The average Bonchev–Trinajstić information content (AvgIpc) is 3.16. The van der Waals surface area contributed by atoms with Crippen LogP contribution in [0.5, 0.6) is 0 Å². The molecule has 1 fully saturated rings. The Kier molecular flexibility index (Phi) is 5.14. The third kappa shape index (κ3) is 3.44. The summed E-state index contributed by atoms with van der Waals surface area (Å²) in [5, 5.41) is 0.874. The molecular weight excluding hydrogens is 316 g/mol. The van der Waals surface area contributed by atoms with Crippen LogP contribution in [0.2, 0.25) is 0 Å². The summed E-state index contributed by atoms with van der Waals surface area (Å²) >= 11 is 1.60. The number of aromatic nitrogens is 2. The fraction of sp³-hybridized carbons (Fsp3) is 0.500. The maximum absolute atomic E-state index is 12.7. The molecule has 128 valence electrons. The van der Waals surface area contributed by atoms with E-state index in [1.165, 1.54) is 36.9 Å². The van der Waals surface area contributed by atoms with Gasteiger partial charge in [0.15, 0.2) is 10.9 Å². The minimum Gasteiger partial charge on any atom is -0.320 e. The van der Waals surface area contributed by atoms with Gasteiger partial charge in [0.05, 0.1) is 10.9 Å². The molecule has 1 aromatic heterocycles. The van der Waals surface area contributed by atoms with Gasteiger partial charge >= 0.3 is 0 Å². The molecule has 0 spiro atoms. The van der Waals surface area contributed by atoms with E-state index in [1.54, 1.807) is 11.8 Å². The van der Waals surface area contributed by atoms with Crippen LogP contribution < -0.4 is 0 Å². The van der Waals surface area contributed by atoms with Gasteiger partial charge in [-0.1, -0.05) is 54.4 Å². The number of Topliss-reactive ketones (excluding diaryl/α,β-unsaturated/α-hetero) is 1. The molecular formula is C20H26N2OS. The number of carbonyl (C=O) groups excluding carboxylic acids is 1. The third-order valence-corrected chi connectivity index (χ3v) is 6.10. The minimum absolute atomic E-state index is 0.131. The Bertz CT molecular complexity index is 727. The average molecular weight is 343 g/mol. The van der Waals surface area contributed by atoms with Gasteiger partial charge in [-0.05, 0) is 40.5 Å². The molecule has 0 unspecified atom stereocenters. The molecule has 1 aromatic carbocycles. The van der Waals surface area contributed by atoms with E-state index in [-0.39, 0.29) is 11.0 Å². The van der Waals surface area contributed by atoms with Crippen LogP contribution in [-0.4, -0.2) is 20.6 Å². The molecule has 2 aromatic rings. The zero-order chi connectivity index (χ0) is 17.3. The number of rotatable bonds is 5. The quantitative estimate of drug-likeness (QED) is 0.547. The zero-order valence-corrected chi connectivity index (χ0v) is 15.8. The van der Waals surface area contributed by atoms with Crippen molar-refractivity contribution in [2.45, 2.75) is 69.8 Å². The van der Waals surface area contributed by atoms with Crippen LogP contribution in [0, 0.1) is 20.8 Å². The van der Waals surface area contributed by atoms with Crippen molar-refractivity contribution in [1.82, 2.24) is 9.55 Å². The summed E-state index contributed by atoms with van der Waals surface area (Å²) in [5.74, 6) is 0.177. The number of aryl methyl sites for hydroxylation is 2. The van der Waals surface area contributed by atoms with E-state index in [9.17, 15) is 4.79 Å². The third-order valence-electron chi connectivity index (χ3n) is 5.03. The van der Waals surface area contributed by atoms with Crippen molar-refractivity contribution in [3.05, 3.63) is 46.8 Å². The Hall–Kier alpha value is -1.55. The van der Waals surface area contributed by atoms with Crippen LogP contribution in [0.4, 0.5) is 0 Å². The Balaban J connectivity index is 1.81. The van der Waals surface area contributed by atoms with Crippen LogP contribution >= 0.6 is 11.8 Å². The van der Waals surface area contributed by atoms with Gasteiger partial charge in [0.2, 0.25) is 0 Å². The smallest absolute Gasteiger partial charge is 0.175 e. The first-order chi connectivity index (χ1) is 11.5. The minimum atomic E-state index is -0.131. The second kappa shape index (κ2) is 7.14. The Morgan fingerprint density at radius 2 is 1.79 bits per heavy atom. The first kappa shape index (κ1) is 17.3. The first-order valence-electron chi connectivity index (χ1n) is 8.80. The number of carbonyl (C=O) groups is 1. The Labute approximate surface area is 148 Å². The molecule has 1 aliphatic carbocycles. The number of thioether (sulfide) groups is 1. The number of hydrogen-bond donors (Lipinski definition) is 0. The largest absolute Gasteiger partial charge is 0.320 e. The standard InChI is InChI=1S/C20H26N2OS/c1-13-9-11-17(12-10-13)19(23)16(4)24-20-21-14(2)15(3)22(20)18-7-5-6-8-18/h9-12,16,18H,5-8H2,1-4H3/t16-/m1/s1. The highest BCUT2D eigenvalue weighted by Gasteiger charge is 2.26. The van der Waals surface area contributed by atoms with Gasteiger partial charge in [-0.25, -0.2) is 4.98 Å². The van der Waals surface area contributed by atoms with E-state index < -0.39 is 0 Å². The predicted molar refractivity (Wildman–Crippen MR) is 100 cm³/mol. The zero-order valence-electron chi connectivity index (χ0n) is 15.0. The highest BCUT2D eigenvalue weighted by atomic mass is 32.2. The van der Waals surface area contributed by atoms with Crippen LogP contribution in [0.1, 0.15) is 66.0 Å². The molecule has 0 N–H and O–H groups in total. The molecule has 3 nitrogen and oxygen atoms in total. The summed E-state index contributed by atoms with van der Waals surface area (Å²) in [6, 6.07) is 8.40. The normalized spacial score (nSPS) is 16.5. The van der Waals surface area contributed by atoms with Crippen LogP contribution in [0.25, 0.3) is 0 Å². The summed E-state index contributed by atoms with van der Waals surface area (Å²) in [5.41, 5.74) is 4.29. The van der Waals surface area contributed by atoms with Gasteiger partial charge in [0.25, 0.3) is 0 Å². The van der Waals surface area contributed by atoms with Crippen molar-refractivity contribution in [2.75, 3.05) is 0 Å². The number of imidazole rings is 1. The summed E-state index contributed by atoms with van der Waals surface area (Å²) < 4.78 is 2.38. The monoisotopic (exact) mass is 342 g/mol. The van der Waals surface area contributed by atoms with E-state index >= 15 is 0 Å². The van der Waals surface area contributed by atoms with Crippen molar-refractivity contribution in [1.29, 1.82) is 0 Å². The van der Waals surface area contributed by atoms with Crippen LogP contribution in [0.3, 0.4) is 0 Å². The number of nitrogens with zero attached hydrogens (tertiary/aromatic N) is 2. The van der Waals surface area contributed by atoms with Crippen molar-refractivity contribution in [2.24, 2.45) is 0 Å². The number of ketones is 1. The maximum Gasteiger partial charge on any atom is 0.175 e. The van der Waals surface area contributed by atoms with E-state index in [2.05, 4.69) is 18.4 Å². The van der Waals surface area contributed by atoms with Gasteiger partial charge in [-0.3, -0.25) is 4.79 Å². The van der Waals surface area contributed by atoms with Crippen LogP contribution in [-0.2, 0) is 0 Å². The van der Waals surface area contributed by atoms with Gasteiger partial charge in [-0.15, -0.1) is 0 Å². The fourth-order valence-electron chi connectivity index (χ4n) is 3.44. The summed E-state index contributed by atoms with van der Waals surface area (Å²) in [7, 11) is 0. The molecule has 0 bridgehead atoms. The number of hydrogen-bond acceptors (Lipinski definition) is 3. The van der Waals surface area contributed by atoms with Gasteiger partial charge in [0, 0.05) is 17.3 Å². The van der Waals surface area contributed by atoms with Crippen molar-refractivity contribution in [3.63, 3.8) is 0 Å². The lowest BCUT2D eigenvalue weighted by atomic mass is 10.1. The fourth-order valence-corrected chi connectivity index (χ4v) is 4.58. The van der Waals surface area contributed by atoms with E-state index in [0.29, 0.717) is 6.04 Å². The Morgan fingerprint density at radius 3 is 2.42 bits per heavy atom. The molecule has 1 saturated carbocycles. The van der Waals surface area contributed by atoms with E-state index in [0.717, 1.165) is 16.4 Å². The first-order valence-corrected chi connectivity index (χ1v) is 9.68. The second-order valence-electron chi connectivity index (χ2n) is 6.86. The van der Waals surface area contributed by atoms with E-state index in [1.807, 2.05) is 38.1 Å². The molecule has 1 heterocycles. The summed E-state index contributed by atoms with van der Waals surface area (Å²) in [6.45, 7) is 8.25. The van der Waals surface area contributed by atoms with Gasteiger partial charge in [0.1, 0.15) is 0 Å². The van der Waals surface area contributed by atoms with Crippen LogP contribution in [0.15, 0.2) is 29.4 Å². The second-order valence-corrected chi connectivity index (χ2v) is 8.17. The topological polar surface area (TPSA) is 34.9 Å². The molecule has 1 atom stereocenters. The summed E-state index contributed by atoms with van der Waals surface area (Å²) in [6.07, 6.45) is 5.04. The maximum atomic E-state index is 12.7. The van der Waals surface area contributed by atoms with Gasteiger partial charge in [-0.2, -0.15) is 0 Å². The lowest BCUT2D eigenvalue weighted by Crippen LogP contribution is -2.16. The highest BCUT2D eigenvalue weighted by Crippen LogP contribution is 2.36. The highest BCUT2D eigenvalue weighted by molar-refractivity contribution is 8.00. The molecule has 1 aliphatic rings. The predicted octanol–water partition coefficient (Wildman–Crippen LogP) is 5.29. The molecule has 4 heteroatoms. The van der Waals surface area contributed by atoms with Crippen molar-refractivity contribution < 1.29 is 4.79 Å². The van der Waals surface area contributed by atoms with E-state index in [4.69, 9.17) is 4.98 Å². The number of benzene rings is 1.